The predicted molar refractivity (Wildman–Crippen MR) is 158 cm³/mol. The summed E-state index contributed by atoms with van der Waals surface area (Å²) in [4.78, 5) is 12.7. The molecular weight excluding hydrogens is 497 g/mol. The Kier molecular flexibility index (Phi) is 10.9. The minimum atomic E-state index is -2.37. The Labute approximate surface area is 220 Å². The highest BCUT2D eigenvalue weighted by Crippen LogP contribution is 2.26. The van der Waals surface area contributed by atoms with E-state index < -0.39 is 31.2 Å². The summed E-state index contributed by atoms with van der Waals surface area (Å²) in [6.07, 6.45) is 9.90. The third-order valence-electron chi connectivity index (χ3n) is 5.01. The first-order chi connectivity index (χ1) is 16.8. The number of hydrogen-bond acceptors (Lipinski definition) is 4. The maximum Gasteiger partial charge on any atom is 0.346 e. The van der Waals surface area contributed by atoms with Gasteiger partial charge in [0.05, 0.1) is 6.61 Å². The molecule has 0 spiro atoms. The molecule has 7 heteroatoms. The predicted octanol–water partition coefficient (Wildman–Crippen LogP) is 7.39. The molecule has 0 aliphatic heterocycles. The van der Waals surface area contributed by atoms with Crippen molar-refractivity contribution in [1.29, 1.82) is 0 Å². The normalized spacial score (nSPS) is 12.6. The van der Waals surface area contributed by atoms with E-state index in [4.69, 9.17) is 19.4 Å². The first kappa shape index (κ1) is 29.7. The summed E-state index contributed by atoms with van der Waals surface area (Å²) in [6.45, 7) is 15.5. The molecule has 0 radical (unpaired) electrons. The monoisotopic (exact) mass is 536 g/mol. The summed E-state index contributed by atoms with van der Waals surface area (Å²) in [6, 6.07) is 20.8. The molecule has 0 atom stereocenters. The zero-order valence-electron chi connectivity index (χ0n) is 22.8. The van der Waals surface area contributed by atoms with E-state index in [1.807, 2.05) is 66.7 Å². The summed E-state index contributed by atoms with van der Waals surface area (Å²) < 4.78 is 18.6. The van der Waals surface area contributed by atoms with Crippen molar-refractivity contribution in [2.45, 2.75) is 58.3 Å². The molecule has 0 aromatic heterocycles. The van der Waals surface area contributed by atoms with Crippen molar-refractivity contribution >= 4 is 36.7 Å². The lowest BCUT2D eigenvalue weighted by Gasteiger charge is -2.38. The van der Waals surface area contributed by atoms with Gasteiger partial charge in [0.1, 0.15) is 5.57 Å². The van der Waals surface area contributed by atoms with Gasteiger partial charge in [0, 0.05) is 0 Å². The largest absolute Gasteiger partial charge is 0.462 e. The molecule has 0 N–H and O–H groups in total. The van der Waals surface area contributed by atoms with Gasteiger partial charge in [-0.15, -0.1) is 6.42 Å². The molecule has 4 nitrogen and oxygen atoms in total. The van der Waals surface area contributed by atoms with Crippen molar-refractivity contribution in [2.75, 3.05) is 6.61 Å². The van der Waals surface area contributed by atoms with Crippen LogP contribution in [0.25, 0.3) is 5.57 Å². The quantitative estimate of drug-likeness (QED) is 0.0708. The number of ether oxygens (including phenoxy) is 1. The van der Waals surface area contributed by atoms with Crippen LogP contribution in [0.2, 0.25) is 51.9 Å². The molecule has 0 saturated carbocycles. The van der Waals surface area contributed by atoms with Crippen molar-refractivity contribution < 1.29 is 17.8 Å². The van der Waals surface area contributed by atoms with Crippen molar-refractivity contribution in [3.8, 4) is 12.3 Å². The number of carbonyl (C=O) groups is 1. The minimum absolute atomic E-state index is 0.191. The van der Waals surface area contributed by atoms with Crippen LogP contribution in [0.3, 0.4) is 0 Å². The van der Waals surface area contributed by atoms with E-state index in [0.717, 1.165) is 22.7 Å². The fourth-order valence-corrected chi connectivity index (χ4v) is 16.5. The van der Waals surface area contributed by atoms with Crippen LogP contribution in [-0.4, -0.2) is 37.8 Å². The van der Waals surface area contributed by atoms with Crippen molar-refractivity contribution in [1.82, 2.24) is 0 Å². The zero-order chi connectivity index (χ0) is 26.8. The third-order valence-corrected chi connectivity index (χ3v) is 14.6. The van der Waals surface area contributed by atoms with Crippen molar-refractivity contribution in [3.05, 3.63) is 89.5 Å². The molecule has 2 rings (SSSR count). The fourth-order valence-electron chi connectivity index (χ4n) is 3.99. The number of terminal acetylenes is 1. The van der Waals surface area contributed by atoms with Crippen molar-refractivity contribution in [3.63, 3.8) is 0 Å². The zero-order valence-corrected chi connectivity index (χ0v) is 25.8. The van der Waals surface area contributed by atoms with Crippen LogP contribution in [0.4, 0.5) is 0 Å². The molecule has 0 fully saturated rings. The maximum atomic E-state index is 12.7. The molecule has 2 aromatic rings. The highest BCUT2D eigenvalue weighted by molar-refractivity contribution is 6.87. The number of esters is 1. The molecule has 0 aliphatic carbocycles. The van der Waals surface area contributed by atoms with Crippen LogP contribution < -0.4 is 0 Å². The summed E-state index contributed by atoms with van der Waals surface area (Å²) >= 11 is 0. The Balaban J connectivity index is 2.10. The molecular formula is C29H40O4Si3. The average Bonchev–Trinajstić information content (AvgIpc) is 2.78. The number of allylic oxidation sites excluding steroid dienone is 2. The first-order valence-electron chi connectivity index (χ1n) is 12.4. The summed E-state index contributed by atoms with van der Waals surface area (Å²) in [5, 5.41) is 0. The van der Waals surface area contributed by atoms with Gasteiger partial charge in [0.25, 0.3) is 0 Å². The molecule has 0 aliphatic rings. The topological polar surface area (TPSA) is 44.8 Å². The van der Waals surface area contributed by atoms with Crippen LogP contribution in [0.1, 0.15) is 17.5 Å². The van der Waals surface area contributed by atoms with Crippen LogP contribution in [0, 0.1) is 12.3 Å². The van der Waals surface area contributed by atoms with Crippen LogP contribution in [0.15, 0.2) is 78.4 Å². The summed E-state index contributed by atoms with van der Waals surface area (Å²) in [7, 11) is -5.90. The molecule has 0 heterocycles. The summed E-state index contributed by atoms with van der Waals surface area (Å²) in [5.74, 6) is 2.00. The van der Waals surface area contributed by atoms with Gasteiger partial charge < -0.3 is 13.0 Å². The molecule has 36 heavy (non-hydrogen) atoms. The molecule has 0 bridgehead atoms. The van der Waals surface area contributed by atoms with Gasteiger partial charge in [-0.25, -0.2) is 4.79 Å². The fraction of sp³-hybridized carbons (Fsp3) is 0.345. The lowest BCUT2D eigenvalue weighted by atomic mass is 9.97. The Hall–Kier alpha value is -2.48. The highest BCUT2D eigenvalue weighted by Gasteiger charge is 2.39. The first-order valence-corrected chi connectivity index (χ1v) is 21.7. The van der Waals surface area contributed by atoms with Gasteiger partial charge in [0.15, 0.2) is 16.6 Å². The Bertz CT molecular complexity index is 1030. The van der Waals surface area contributed by atoms with Gasteiger partial charge in [0.2, 0.25) is 0 Å². The number of hydrogen-bond donors (Lipinski definition) is 0. The van der Waals surface area contributed by atoms with E-state index in [1.54, 1.807) is 6.08 Å². The van der Waals surface area contributed by atoms with E-state index in [0.29, 0.717) is 6.42 Å². The highest BCUT2D eigenvalue weighted by atomic mass is 28.5. The van der Waals surface area contributed by atoms with E-state index in [1.165, 1.54) is 0 Å². The number of benzene rings is 2. The Morgan fingerprint density at radius 2 is 1.28 bits per heavy atom. The van der Waals surface area contributed by atoms with Gasteiger partial charge in [-0.05, 0) is 81.1 Å². The smallest absolute Gasteiger partial charge is 0.346 e. The minimum Gasteiger partial charge on any atom is -0.462 e. The molecule has 192 valence electrons. The Morgan fingerprint density at radius 1 is 0.806 bits per heavy atom. The van der Waals surface area contributed by atoms with Crippen molar-refractivity contribution in [2.24, 2.45) is 0 Å². The Morgan fingerprint density at radius 3 is 1.69 bits per heavy atom. The van der Waals surface area contributed by atoms with Gasteiger partial charge in [-0.1, -0.05) is 72.7 Å². The van der Waals surface area contributed by atoms with Gasteiger partial charge in [-0.3, -0.25) is 0 Å². The van der Waals surface area contributed by atoms with E-state index in [2.05, 4.69) is 51.7 Å². The van der Waals surface area contributed by atoms with Gasteiger partial charge >= 0.3 is 14.5 Å². The third kappa shape index (κ3) is 10.6. The average molecular weight is 537 g/mol. The number of rotatable bonds is 12. The SMILES string of the molecule is C#C/C(=C/C=C(c1ccccc1)c1ccccc1)C(=O)OCCC[Si](C)(O[Si](C)(C)C)O[Si](C)(C)C. The van der Waals surface area contributed by atoms with E-state index >= 15 is 0 Å². The molecule has 0 unspecified atom stereocenters. The van der Waals surface area contributed by atoms with Crippen LogP contribution in [0.5, 0.6) is 0 Å². The van der Waals surface area contributed by atoms with Crippen LogP contribution in [-0.2, 0) is 17.8 Å². The second-order valence-electron chi connectivity index (χ2n) is 10.8. The molecule has 0 saturated heterocycles. The molecule has 2 aromatic carbocycles. The summed E-state index contributed by atoms with van der Waals surface area (Å²) in [5.41, 5.74) is 3.25. The maximum absolute atomic E-state index is 12.7. The standard InChI is InChI=1S/C29H40O4Si3/c1-9-25(21-22-28(26-17-12-10-13-18-26)27-19-14-11-15-20-27)29(30)31-23-16-24-36(8,32-34(2,3)4)33-35(5,6)7/h1,10-15,17-22H,16,23-24H2,2-8H3/b25-21-. The number of carbonyl (C=O) groups excluding carboxylic acids is 1. The second kappa shape index (κ2) is 13.2. The molecule has 0 amide bonds. The van der Waals surface area contributed by atoms with E-state index in [-0.39, 0.29) is 12.2 Å². The second-order valence-corrected chi connectivity index (χ2v) is 23.7. The van der Waals surface area contributed by atoms with Crippen LogP contribution >= 0.6 is 0 Å². The lowest BCUT2D eigenvalue weighted by molar-refractivity contribution is -0.138. The van der Waals surface area contributed by atoms with E-state index in [9.17, 15) is 4.79 Å². The lowest BCUT2D eigenvalue weighted by Crippen LogP contribution is -2.52. The van der Waals surface area contributed by atoms with Gasteiger partial charge in [-0.2, -0.15) is 0 Å².